The third-order valence-electron chi connectivity index (χ3n) is 3.19. The van der Waals surface area contributed by atoms with E-state index in [1.54, 1.807) is 18.2 Å². The van der Waals surface area contributed by atoms with Gasteiger partial charge in [-0.1, -0.05) is 12.2 Å². The fraction of sp³-hybridized carbons (Fsp3) is 0.286. The molecule has 0 saturated heterocycles. The van der Waals surface area contributed by atoms with E-state index in [-0.39, 0.29) is 5.82 Å². The lowest BCUT2D eigenvalue weighted by atomic mass is 10.1. The predicted octanol–water partition coefficient (Wildman–Crippen LogP) is 3.83. The van der Waals surface area contributed by atoms with Crippen LogP contribution in [-0.2, 0) is 0 Å². The number of nitrogens with one attached hydrogen (secondary N) is 1. The van der Waals surface area contributed by atoms with Gasteiger partial charge in [-0.3, -0.25) is 0 Å². The molecule has 1 N–H and O–H groups in total. The second-order valence-corrected chi connectivity index (χ2v) is 5.06. The highest BCUT2D eigenvalue weighted by molar-refractivity contribution is 7.71. The highest BCUT2D eigenvalue weighted by Gasteiger charge is 2.26. The van der Waals surface area contributed by atoms with Crippen LogP contribution in [0.1, 0.15) is 24.6 Å². The van der Waals surface area contributed by atoms with Crippen LogP contribution in [0.4, 0.5) is 4.39 Å². The summed E-state index contributed by atoms with van der Waals surface area (Å²) in [5, 5.41) is 0. The van der Waals surface area contributed by atoms with Crippen molar-refractivity contribution in [3.05, 3.63) is 40.5 Å². The van der Waals surface area contributed by atoms with Crippen LogP contribution in [-0.4, -0.2) is 17.1 Å². The maximum Gasteiger partial charge on any atom is 0.136 e. The van der Waals surface area contributed by atoms with Crippen LogP contribution < -0.4 is 4.74 Å². The third-order valence-corrected chi connectivity index (χ3v) is 3.40. The van der Waals surface area contributed by atoms with Gasteiger partial charge in [-0.15, -0.1) is 0 Å². The Morgan fingerprint density at radius 1 is 1.37 bits per heavy atom. The molecule has 0 atom stereocenters. The number of H-pyrrole nitrogens is 1. The Kier molecular flexibility index (Phi) is 3.06. The van der Waals surface area contributed by atoms with Gasteiger partial charge in [0.15, 0.2) is 0 Å². The molecule has 1 aromatic heterocycles. The first-order valence-corrected chi connectivity index (χ1v) is 6.53. The minimum absolute atomic E-state index is 0.335. The molecule has 0 amide bonds. The minimum atomic E-state index is -0.335. The lowest BCUT2D eigenvalue weighted by Gasteiger charge is -2.08. The topological polar surface area (TPSA) is 37.9 Å². The van der Waals surface area contributed by atoms with Gasteiger partial charge in [-0.05, 0) is 31.0 Å². The molecule has 2 aromatic rings. The van der Waals surface area contributed by atoms with Crippen LogP contribution in [0.25, 0.3) is 11.3 Å². The zero-order valence-corrected chi connectivity index (χ0v) is 11.3. The highest BCUT2D eigenvalue weighted by Crippen LogP contribution is 2.38. The van der Waals surface area contributed by atoms with E-state index >= 15 is 0 Å². The van der Waals surface area contributed by atoms with Gasteiger partial charge in [0.25, 0.3) is 0 Å². The molecule has 1 aliphatic carbocycles. The molecule has 19 heavy (non-hydrogen) atoms. The van der Waals surface area contributed by atoms with Gasteiger partial charge in [0.05, 0.1) is 12.8 Å². The van der Waals surface area contributed by atoms with Crippen LogP contribution in [0.5, 0.6) is 5.75 Å². The van der Waals surface area contributed by atoms with Crippen LogP contribution in [0.3, 0.4) is 0 Å². The smallest absolute Gasteiger partial charge is 0.136 e. The van der Waals surface area contributed by atoms with Crippen molar-refractivity contribution in [3.8, 4) is 17.0 Å². The van der Waals surface area contributed by atoms with Gasteiger partial charge in [0.1, 0.15) is 22.0 Å². The average Bonchev–Trinajstić information content (AvgIpc) is 3.22. The molecule has 0 bridgehead atoms. The number of aromatic amines is 1. The van der Waals surface area contributed by atoms with E-state index in [4.69, 9.17) is 17.0 Å². The monoisotopic (exact) mass is 276 g/mol. The molecule has 0 radical (unpaired) electrons. The molecule has 5 heteroatoms. The molecule has 3 nitrogen and oxygen atoms in total. The summed E-state index contributed by atoms with van der Waals surface area (Å²) in [6.45, 7) is 0. The summed E-state index contributed by atoms with van der Waals surface area (Å²) in [6.07, 6.45) is 2.24. The van der Waals surface area contributed by atoms with E-state index in [0.29, 0.717) is 27.6 Å². The molecule has 1 aliphatic rings. The van der Waals surface area contributed by atoms with Crippen molar-refractivity contribution in [1.29, 1.82) is 0 Å². The molecular weight excluding hydrogens is 263 g/mol. The second-order valence-electron chi connectivity index (χ2n) is 4.64. The third kappa shape index (κ3) is 2.51. The number of nitrogens with zero attached hydrogens (tertiary/aromatic N) is 1. The molecule has 0 spiro atoms. The lowest BCUT2D eigenvalue weighted by Crippen LogP contribution is -1.97. The number of aromatic nitrogens is 2. The molecule has 0 unspecified atom stereocenters. The van der Waals surface area contributed by atoms with Crippen LogP contribution >= 0.6 is 12.2 Å². The van der Waals surface area contributed by atoms with Crippen molar-refractivity contribution < 1.29 is 9.13 Å². The van der Waals surface area contributed by atoms with Gasteiger partial charge in [0, 0.05) is 17.5 Å². The first-order chi connectivity index (χ1) is 9.17. The SMILES string of the molecule is COc1ccc(-c2cc(=S)nc(C3CC3)[nH]2)c(F)c1. The first kappa shape index (κ1) is 12.3. The summed E-state index contributed by atoms with van der Waals surface area (Å²) in [6, 6.07) is 6.47. The Bertz CT molecular complexity index is 679. The Morgan fingerprint density at radius 2 is 2.16 bits per heavy atom. The van der Waals surface area contributed by atoms with E-state index in [2.05, 4.69) is 9.97 Å². The van der Waals surface area contributed by atoms with Crippen molar-refractivity contribution in [2.45, 2.75) is 18.8 Å². The normalized spacial score (nSPS) is 14.4. The molecule has 1 heterocycles. The fourth-order valence-electron chi connectivity index (χ4n) is 2.01. The summed E-state index contributed by atoms with van der Waals surface area (Å²) in [4.78, 5) is 7.48. The van der Waals surface area contributed by atoms with Crippen molar-refractivity contribution in [2.24, 2.45) is 0 Å². The number of ether oxygens (including phenoxy) is 1. The summed E-state index contributed by atoms with van der Waals surface area (Å²) in [5.41, 5.74) is 1.15. The zero-order valence-electron chi connectivity index (χ0n) is 10.4. The predicted molar refractivity (Wildman–Crippen MR) is 73.3 cm³/mol. The summed E-state index contributed by atoms with van der Waals surface area (Å²) in [5.74, 6) is 1.47. The number of hydrogen-bond donors (Lipinski definition) is 1. The first-order valence-electron chi connectivity index (χ1n) is 6.12. The average molecular weight is 276 g/mol. The van der Waals surface area contributed by atoms with Crippen molar-refractivity contribution >= 4 is 12.2 Å². The summed E-state index contributed by atoms with van der Waals surface area (Å²) >= 11 is 5.15. The molecular formula is C14H13FN2OS. The standard InChI is InChI=1S/C14H13FN2OS/c1-18-9-4-5-10(11(15)6-9)12-7-13(19)17-14(16-12)8-2-3-8/h4-8H,2-3H2,1H3,(H,16,17,19). The van der Waals surface area contributed by atoms with Gasteiger partial charge in [-0.25, -0.2) is 9.37 Å². The van der Waals surface area contributed by atoms with E-state index in [1.807, 2.05) is 0 Å². The van der Waals surface area contributed by atoms with Crippen LogP contribution in [0.15, 0.2) is 24.3 Å². The molecule has 98 valence electrons. The number of methoxy groups -OCH3 is 1. The maximum atomic E-state index is 14.0. The van der Waals surface area contributed by atoms with Crippen molar-refractivity contribution in [2.75, 3.05) is 7.11 Å². The summed E-state index contributed by atoms with van der Waals surface area (Å²) < 4.78 is 19.5. The lowest BCUT2D eigenvalue weighted by molar-refractivity contribution is 0.411. The molecule has 1 saturated carbocycles. The largest absolute Gasteiger partial charge is 0.497 e. The number of halogens is 1. The number of benzene rings is 1. The minimum Gasteiger partial charge on any atom is -0.497 e. The molecule has 0 aliphatic heterocycles. The zero-order chi connectivity index (χ0) is 13.4. The van der Waals surface area contributed by atoms with Gasteiger partial charge < -0.3 is 9.72 Å². The Labute approximate surface area is 115 Å². The van der Waals surface area contributed by atoms with Crippen molar-refractivity contribution in [3.63, 3.8) is 0 Å². The number of rotatable bonds is 3. The number of hydrogen-bond acceptors (Lipinski definition) is 3. The van der Waals surface area contributed by atoms with E-state index in [9.17, 15) is 4.39 Å². The maximum absolute atomic E-state index is 14.0. The van der Waals surface area contributed by atoms with Gasteiger partial charge >= 0.3 is 0 Å². The van der Waals surface area contributed by atoms with Gasteiger partial charge in [0.2, 0.25) is 0 Å². The van der Waals surface area contributed by atoms with Crippen LogP contribution in [0, 0.1) is 10.5 Å². The Balaban J connectivity index is 2.08. The van der Waals surface area contributed by atoms with E-state index < -0.39 is 0 Å². The van der Waals surface area contributed by atoms with E-state index in [0.717, 1.165) is 18.7 Å². The quantitative estimate of drug-likeness (QED) is 0.866. The Morgan fingerprint density at radius 3 is 2.79 bits per heavy atom. The van der Waals surface area contributed by atoms with Crippen molar-refractivity contribution in [1.82, 2.24) is 9.97 Å². The fourth-order valence-corrected chi connectivity index (χ4v) is 2.23. The molecule has 1 fully saturated rings. The highest BCUT2D eigenvalue weighted by atomic mass is 32.1. The second kappa shape index (κ2) is 4.74. The Hall–Kier alpha value is -1.75. The van der Waals surface area contributed by atoms with Crippen LogP contribution in [0.2, 0.25) is 0 Å². The van der Waals surface area contributed by atoms with E-state index in [1.165, 1.54) is 13.2 Å². The summed E-state index contributed by atoms with van der Waals surface area (Å²) in [7, 11) is 1.51. The molecule has 3 rings (SSSR count). The van der Waals surface area contributed by atoms with Gasteiger partial charge in [-0.2, -0.15) is 0 Å². The molecule has 1 aromatic carbocycles.